The number of aryl methyl sites for hydroxylation is 1. The van der Waals surface area contributed by atoms with Gasteiger partial charge in [-0.15, -0.1) is 0 Å². The molecule has 2 aromatic rings. The molecule has 0 radical (unpaired) electrons. The van der Waals surface area contributed by atoms with E-state index in [1.54, 1.807) is 37.3 Å². The second kappa shape index (κ2) is 8.79. The van der Waals surface area contributed by atoms with E-state index in [2.05, 4.69) is 20.2 Å². The first-order valence-electron chi connectivity index (χ1n) is 9.40. The van der Waals surface area contributed by atoms with E-state index in [1.165, 1.54) is 0 Å². The summed E-state index contributed by atoms with van der Waals surface area (Å²) in [6, 6.07) is 8.10. The summed E-state index contributed by atoms with van der Waals surface area (Å²) in [7, 11) is 0. The fraction of sp³-hybridized carbons (Fsp3) is 0.400. The van der Waals surface area contributed by atoms with E-state index in [0.29, 0.717) is 30.0 Å². The number of aromatic nitrogens is 2. The van der Waals surface area contributed by atoms with Gasteiger partial charge in [0.25, 0.3) is 5.56 Å². The topological polar surface area (TPSA) is 121 Å². The van der Waals surface area contributed by atoms with Gasteiger partial charge in [-0.05, 0) is 57.1 Å². The number of hydrogen-bond acceptors (Lipinski definition) is 5. The Morgan fingerprint density at radius 3 is 2.54 bits per heavy atom. The molecule has 1 fully saturated rings. The molecule has 2 amide bonds. The van der Waals surface area contributed by atoms with Gasteiger partial charge < -0.3 is 20.9 Å². The third kappa shape index (κ3) is 5.26. The number of aromatic amines is 1. The Labute approximate surface area is 163 Å². The lowest BCUT2D eigenvalue weighted by molar-refractivity contribution is -0.116. The quantitative estimate of drug-likeness (QED) is 0.696. The first kappa shape index (κ1) is 19.8. The number of H-pyrrole nitrogens is 1. The minimum absolute atomic E-state index is 0.0687. The van der Waals surface area contributed by atoms with Crippen molar-refractivity contribution >= 4 is 17.5 Å². The Hall–Kier alpha value is -3.00. The van der Waals surface area contributed by atoms with Gasteiger partial charge in [-0.1, -0.05) is 0 Å². The zero-order valence-corrected chi connectivity index (χ0v) is 15.9. The summed E-state index contributed by atoms with van der Waals surface area (Å²) in [4.78, 5) is 44.2. The van der Waals surface area contributed by atoms with Crippen LogP contribution in [-0.2, 0) is 4.79 Å². The van der Waals surface area contributed by atoms with Gasteiger partial charge in [0.15, 0.2) is 0 Å². The molecule has 4 N–H and O–H groups in total. The zero-order chi connectivity index (χ0) is 20.1. The molecule has 8 nitrogen and oxygen atoms in total. The number of likely N-dealkylation sites (tertiary alicyclic amines) is 1. The normalized spacial score (nSPS) is 15.3. The van der Waals surface area contributed by atoms with Crippen LogP contribution in [0.2, 0.25) is 0 Å². The summed E-state index contributed by atoms with van der Waals surface area (Å²) in [5, 5.41) is 2.83. The molecule has 0 bridgehead atoms. The van der Waals surface area contributed by atoms with Gasteiger partial charge in [-0.3, -0.25) is 14.4 Å². The number of hydrogen-bond donors (Lipinski definition) is 3. The number of primary amides is 1. The molecule has 0 atom stereocenters. The van der Waals surface area contributed by atoms with Crippen LogP contribution in [-0.4, -0.2) is 46.3 Å². The maximum absolute atomic E-state index is 12.2. The molecule has 0 spiro atoms. The number of carbonyl (C=O) groups excluding carboxylic acids is 2. The van der Waals surface area contributed by atoms with Crippen molar-refractivity contribution in [3.63, 3.8) is 0 Å². The van der Waals surface area contributed by atoms with Crippen LogP contribution in [0.5, 0.6) is 0 Å². The van der Waals surface area contributed by atoms with Crippen LogP contribution in [0.25, 0.3) is 0 Å². The summed E-state index contributed by atoms with van der Waals surface area (Å²) in [5.41, 5.74) is 7.01. The van der Waals surface area contributed by atoms with Crippen molar-refractivity contribution in [2.45, 2.75) is 32.1 Å². The van der Waals surface area contributed by atoms with Crippen molar-refractivity contribution in [3.8, 4) is 0 Å². The number of carbonyl (C=O) groups is 2. The highest BCUT2D eigenvalue weighted by Crippen LogP contribution is 2.26. The number of rotatable bonds is 6. The molecule has 0 unspecified atom stereocenters. The molecule has 1 aromatic carbocycles. The maximum atomic E-state index is 12.2. The Morgan fingerprint density at radius 1 is 1.25 bits per heavy atom. The van der Waals surface area contributed by atoms with Crippen LogP contribution in [0.4, 0.5) is 5.69 Å². The van der Waals surface area contributed by atoms with Crippen LogP contribution < -0.4 is 16.6 Å². The Kier molecular flexibility index (Phi) is 6.20. The van der Waals surface area contributed by atoms with E-state index in [0.717, 1.165) is 31.6 Å². The van der Waals surface area contributed by atoms with Gasteiger partial charge >= 0.3 is 0 Å². The Morgan fingerprint density at radius 2 is 1.93 bits per heavy atom. The molecule has 28 heavy (non-hydrogen) atoms. The average Bonchev–Trinajstić information content (AvgIpc) is 2.66. The van der Waals surface area contributed by atoms with E-state index in [9.17, 15) is 14.4 Å². The van der Waals surface area contributed by atoms with Crippen molar-refractivity contribution < 1.29 is 9.59 Å². The minimum atomic E-state index is -0.494. The molecule has 3 rings (SSSR count). The van der Waals surface area contributed by atoms with Gasteiger partial charge in [-0.2, -0.15) is 0 Å². The summed E-state index contributed by atoms with van der Waals surface area (Å²) < 4.78 is 0. The van der Waals surface area contributed by atoms with E-state index < -0.39 is 5.91 Å². The van der Waals surface area contributed by atoms with Crippen molar-refractivity contribution in [1.82, 2.24) is 14.9 Å². The number of nitrogens with two attached hydrogens (primary N) is 1. The summed E-state index contributed by atoms with van der Waals surface area (Å²) in [6.07, 6.45) is 2.24. The fourth-order valence-corrected chi connectivity index (χ4v) is 3.47. The second-order valence-electron chi connectivity index (χ2n) is 7.11. The molecule has 148 valence electrons. The highest BCUT2D eigenvalue weighted by molar-refractivity contribution is 5.94. The Balaban J connectivity index is 1.44. The van der Waals surface area contributed by atoms with Gasteiger partial charge in [0, 0.05) is 36.2 Å². The molecular weight excluding hydrogens is 358 g/mol. The van der Waals surface area contributed by atoms with Crippen LogP contribution in [0.3, 0.4) is 0 Å². The van der Waals surface area contributed by atoms with E-state index in [-0.39, 0.29) is 17.4 Å². The smallest absolute Gasteiger partial charge is 0.251 e. The van der Waals surface area contributed by atoms with Crippen LogP contribution in [0.15, 0.2) is 35.1 Å². The van der Waals surface area contributed by atoms with E-state index in [1.807, 2.05) is 0 Å². The lowest BCUT2D eigenvalue weighted by Gasteiger charge is -2.31. The van der Waals surface area contributed by atoms with Gasteiger partial charge in [0.1, 0.15) is 5.82 Å². The standard InChI is InChI=1S/C20H25N5O3/c1-13-22-17(12-19(27)23-13)14-6-9-25(10-7-14)11-8-18(26)24-16-4-2-15(3-5-16)20(21)28/h2-5,12,14H,6-11H2,1H3,(H2,21,28)(H,24,26)(H,22,23,27). The lowest BCUT2D eigenvalue weighted by atomic mass is 9.93. The van der Waals surface area contributed by atoms with Gasteiger partial charge in [-0.25, -0.2) is 4.98 Å². The summed E-state index contributed by atoms with van der Waals surface area (Å²) >= 11 is 0. The van der Waals surface area contributed by atoms with Crippen LogP contribution >= 0.6 is 0 Å². The van der Waals surface area contributed by atoms with Crippen molar-refractivity contribution in [1.29, 1.82) is 0 Å². The molecule has 1 aliphatic heterocycles. The summed E-state index contributed by atoms with van der Waals surface area (Å²) in [6.45, 7) is 4.22. The van der Waals surface area contributed by atoms with Gasteiger partial charge in [0.2, 0.25) is 11.8 Å². The predicted molar refractivity (Wildman–Crippen MR) is 106 cm³/mol. The predicted octanol–water partition coefficient (Wildman–Crippen LogP) is 1.39. The third-order valence-corrected chi connectivity index (χ3v) is 4.99. The van der Waals surface area contributed by atoms with Crippen LogP contribution in [0, 0.1) is 6.92 Å². The fourth-order valence-electron chi connectivity index (χ4n) is 3.47. The molecule has 1 aromatic heterocycles. The minimum Gasteiger partial charge on any atom is -0.366 e. The van der Waals surface area contributed by atoms with E-state index in [4.69, 9.17) is 5.73 Å². The average molecular weight is 383 g/mol. The number of amides is 2. The molecule has 2 heterocycles. The monoisotopic (exact) mass is 383 g/mol. The molecule has 0 aliphatic carbocycles. The first-order valence-corrected chi connectivity index (χ1v) is 9.40. The molecule has 8 heteroatoms. The molecule has 1 saturated heterocycles. The molecular formula is C20H25N5O3. The zero-order valence-electron chi connectivity index (χ0n) is 15.9. The number of nitrogens with one attached hydrogen (secondary N) is 2. The van der Waals surface area contributed by atoms with Crippen molar-refractivity contribution in [2.24, 2.45) is 5.73 Å². The highest BCUT2D eigenvalue weighted by Gasteiger charge is 2.22. The van der Waals surface area contributed by atoms with Crippen molar-refractivity contribution in [2.75, 3.05) is 25.0 Å². The van der Waals surface area contributed by atoms with Gasteiger partial charge in [0.05, 0.1) is 5.69 Å². The lowest BCUT2D eigenvalue weighted by Crippen LogP contribution is -2.35. The third-order valence-electron chi connectivity index (χ3n) is 4.99. The molecule has 0 saturated carbocycles. The number of benzene rings is 1. The Bertz CT molecular complexity index is 899. The first-order chi connectivity index (χ1) is 13.4. The van der Waals surface area contributed by atoms with E-state index >= 15 is 0 Å². The largest absolute Gasteiger partial charge is 0.366 e. The summed E-state index contributed by atoms with van der Waals surface area (Å²) in [5.74, 6) is 0.368. The number of anilines is 1. The number of piperidine rings is 1. The van der Waals surface area contributed by atoms with Crippen molar-refractivity contribution in [3.05, 3.63) is 57.8 Å². The highest BCUT2D eigenvalue weighted by atomic mass is 16.2. The van der Waals surface area contributed by atoms with Crippen LogP contribution in [0.1, 0.15) is 47.1 Å². The SMILES string of the molecule is Cc1nc(C2CCN(CCC(=O)Nc3ccc(C(N)=O)cc3)CC2)cc(=O)[nH]1. The number of nitrogens with zero attached hydrogens (tertiary/aromatic N) is 2. The maximum Gasteiger partial charge on any atom is 0.251 e. The second-order valence-corrected chi connectivity index (χ2v) is 7.11. The molecule has 1 aliphatic rings.